The van der Waals surface area contributed by atoms with Gasteiger partial charge in [0.15, 0.2) is 0 Å². The Morgan fingerprint density at radius 2 is 2.17 bits per heavy atom. The summed E-state index contributed by atoms with van der Waals surface area (Å²) in [5, 5.41) is 13.1. The Morgan fingerprint density at radius 1 is 1.33 bits per heavy atom. The number of para-hydroxylation sites is 1. The molecule has 2 rings (SSSR count). The molecule has 0 saturated carbocycles. The van der Waals surface area contributed by atoms with Crippen LogP contribution in [0, 0.1) is 0 Å². The third-order valence-corrected chi connectivity index (χ3v) is 2.78. The van der Waals surface area contributed by atoms with E-state index in [-0.39, 0.29) is 6.61 Å². The summed E-state index contributed by atoms with van der Waals surface area (Å²) < 4.78 is 5.31. The van der Waals surface area contributed by atoms with Gasteiger partial charge in [-0.15, -0.1) is 0 Å². The molecule has 18 heavy (non-hydrogen) atoms. The van der Waals surface area contributed by atoms with Crippen LogP contribution in [-0.2, 0) is 6.54 Å². The van der Waals surface area contributed by atoms with Crippen molar-refractivity contribution < 1.29 is 9.84 Å². The van der Waals surface area contributed by atoms with E-state index in [9.17, 15) is 0 Å². The van der Waals surface area contributed by atoms with E-state index in [0.717, 1.165) is 29.4 Å². The molecule has 0 bridgehead atoms. The van der Waals surface area contributed by atoms with E-state index in [1.54, 1.807) is 7.11 Å². The minimum Gasteiger partial charge on any atom is -0.481 e. The third-order valence-electron chi connectivity index (χ3n) is 2.78. The number of fused-ring (bicyclic) bond motifs is 1. The van der Waals surface area contributed by atoms with Crippen molar-refractivity contribution in [1.82, 2.24) is 10.3 Å². The zero-order valence-corrected chi connectivity index (χ0v) is 10.5. The van der Waals surface area contributed by atoms with E-state index in [1.165, 1.54) is 0 Å². The lowest BCUT2D eigenvalue weighted by atomic mass is 10.1. The van der Waals surface area contributed by atoms with Gasteiger partial charge in [0.25, 0.3) is 0 Å². The summed E-state index contributed by atoms with van der Waals surface area (Å²) in [4.78, 5) is 4.48. The number of ether oxygens (including phenoxy) is 1. The lowest BCUT2D eigenvalue weighted by Gasteiger charge is -2.10. The second kappa shape index (κ2) is 6.33. The molecule has 1 aromatic heterocycles. The molecule has 0 amide bonds. The van der Waals surface area contributed by atoms with Crippen LogP contribution < -0.4 is 10.1 Å². The Labute approximate surface area is 107 Å². The van der Waals surface area contributed by atoms with E-state index in [4.69, 9.17) is 9.84 Å². The first-order chi connectivity index (χ1) is 8.85. The second-order valence-corrected chi connectivity index (χ2v) is 4.10. The maximum absolute atomic E-state index is 8.73. The summed E-state index contributed by atoms with van der Waals surface area (Å²) in [6.07, 6.45) is 0.753. The Hall–Kier alpha value is -1.65. The van der Waals surface area contributed by atoms with Gasteiger partial charge >= 0.3 is 0 Å². The average Bonchev–Trinajstić information content (AvgIpc) is 2.42. The van der Waals surface area contributed by atoms with Crippen LogP contribution in [0.4, 0.5) is 0 Å². The number of methoxy groups -OCH3 is 1. The number of rotatable bonds is 6. The number of aromatic nitrogens is 1. The summed E-state index contributed by atoms with van der Waals surface area (Å²) in [6.45, 7) is 1.69. The quantitative estimate of drug-likeness (QED) is 0.762. The molecule has 0 atom stereocenters. The highest BCUT2D eigenvalue weighted by Crippen LogP contribution is 2.21. The Bertz CT molecular complexity index is 514. The summed E-state index contributed by atoms with van der Waals surface area (Å²) >= 11 is 0. The molecule has 2 aromatic rings. The largest absolute Gasteiger partial charge is 0.481 e. The van der Waals surface area contributed by atoms with Gasteiger partial charge in [0.05, 0.1) is 12.6 Å². The third kappa shape index (κ3) is 2.97. The van der Waals surface area contributed by atoms with E-state index in [2.05, 4.69) is 16.4 Å². The summed E-state index contributed by atoms with van der Waals surface area (Å²) in [5.74, 6) is 0.658. The molecular formula is C14H18N2O2. The van der Waals surface area contributed by atoms with Crippen molar-refractivity contribution in [2.24, 2.45) is 0 Å². The molecule has 0 radical (unpaired) electrons. The molecule has 0 aliphatic heterocycles. The minimum absolute atomic E-state index is 0.208. The predicted octanol–water partition coefficient (Wildman–Crippen LogP) is 1.72. The second-order valence-electron chi connectivity index (χ2n) is 4.10. The normalized spacial score (nSPS) is 10.8. The van der Waals surface area contributed by atoms with Gasteiger partial charge < -0.3 is 15.2 Å². The van der Waals surface area contributed by atoms with Gasteiger partial charge in [0.2, 0.25) is 5.88 Å². The van der Waals surface area contributed by atoms with Crippen molar-refractivity contribution in [1.29, 1.82) is 0 Å². The highest BCUT2D eigenvalue weighted by atomic mass is 16.5. The number of hydrogen-bond donors (Lipinski definition) is 2. The monoisotopic (exact) mass is 246 g/mol. The highest BCUT2D eigenvalue weighted by Gasteiger charge is 2.06. The molecule has 1 aromatic carbocycles. The fourth-order valence-corrected chi connectivity index (χ4v) is 1.87. The first-order valence-corrected chi connectivity index (χ1v) is 6.09. The number of aliphatic hydroxyl groups excluding tert-OH is 1. The fraction of sp³-hybridized carbons (Fsp3) is 0.357. The summed E-state index contributed by atoms with van der Waals surface area (Å²) in [5.41, 5.74) is 1.97. The van der Waals surface area contributed by atoms with Crippen LogP contribution in [0.1, 0.15) is 12.0 Å². The smallest absolute Gasteiger partial charge is 0.218 e. The van der Waals surface area contributed by atoms with Crippen molar-refractivity contribution in [3.63, 3.8) is 0 Å². The van der Waals surface area contributed by atoms with Gasteiger partial charge in [-0.2, -0.15) is 0 Å². The van der Waals surface area contributed by atoms with Crippen LogP contribution in [0.3, 0.4) is 0 Å². The zero-order chi connectivity index (χ0) is 12.8. The number of benzene rings is 1. The van der Waals surface area contributed by atoms with Gasteiger partial charge in [-0.25, -0.2) is 4.98 Å². The average molecular weight is 246 g/mol. The van der Waals surface area contributed by atoms with Gasteiger partial charge in [0, 0.05) is 24.1 Å². The van der Waals surface area contributed by atoms with Crippen LogP contribution in [0.2, 0.25) is 0 Å². The van der Waals surface area contributed by atoms with E-state index in [1.807, 2.05) is 24.3 Å². The lowest BCUT2D eigenvalue weighted by Crippen LogP contribution is -2.16. The molecular weight excluding hydrogens is 228 g/mol. The highest BCUT2D eigenvalue weighted by molar-refractivity contribution is 5.80. The zero-order valence-electron chi connectivity index (χ0n) is 10.5. The van der Waals surface area contributed by atoms with Crippen LogP contribution in [0.25, 0.3) is 10.9 Å². The van der Waals surface area contributed by atoms with Gasteiger partial charge in [-0.1, -0.05) is 18.2 Å². The number of aliphatic hydroxyl groups is 1. The van der Waals surface area contributed by atoms with Crippen molar-refractivity contribution in [2.45, 2.75) is 13.0 Å². The van der Waals surface area contributed by atoms with Gasteiger partial charge in [-0.3, -0.25) is 0 Å². The Balaban J connectivity index is 2.19. The summed E-state index contributed by atoms with van der Waals surface area (Å²) in [6, 6.07) is 10.1. The number of nitrogens with zero attached hydrogens (tertiary/aromatic N) is 1. The molecule has 1 heterocycles. The molecule has 0 aliphatic rings. The Morgan fingerprint density at radius 3 is 2.94 bits per heavy atom. The van der Waals surface area contributed by atoms with Crippen molar-refractivity contribution in [3.8, 4) is 5.88 Å². The fourth-order valence-electron chi connectivity index (χ4n) is 1.87. The molecule has 4 heteroatoms. The Kier molecular flexibility index (Phi) is 4.50. The first-order valence-electron chi connectivity index (χ1n) is 6.09. The first kappa shape index (κ1) is 12.8. The van der Waals surface area contributed by atoms with E-state index >= 15 is 0 Å². The van der Waals surface area contributed by atoms with E-state index in [0.29, 0.717) is 12.4 Å². The minimum atomic E-state index is 0.208. The van der Waals surface area contributed by atoms with Crippen LogP contribution in [-0.4, -0.2) is 30.4 Å². The van der Waals surface area contributed by atoms with Crippen molar-refractivity contribution in [3.05, 3.63) is 35.9 Å². The molecule has 0 saturated heterocycles. The number of nitrogens with one attached hydrogen (secondary N) is 1. The summed E-state index contributed by atoms with van der Waals surface area (Å²) in [7, 11) is 1.63. The molecule has 0 unspecified atom stereocenters. The maximum Gasteiger partial charge on any atom is 0.218 e. The van der Waals surface area contributed by atoms with Gasteiger partial charge in [-0.05, 0) is 25.1 Å². The molecule has 0 aliphatic carbocycles. The lowest BCUT2D eigenvalue weighted by molar-refractivity contribution is 0.286. The van der Waals surface area contributed by atoms with E-state index < -0.39 is 0 Å². The van der Waals surface area contributed by atoms with Crippen molar-refractivity contribution in [2.75, 3.05) is 20.3 Å². The number of hydrogen-bond acceptors (Lipinski definition) is 4. The predicted molar refractivity (Wildman–Crippen MR) is 71.7 cm³/mol. The van der Waals surface area contributed by atoms with Gasteiger partial charge in [0.1, 0.15) is 0 Å². The molecule has 2 N–H and O–H groups in total. The standard InChI is InChI=1S/C14H18N2O2/c1-18-14-12(10-15-7-4-8-17)9-11-5-2-3-6-13(11)16-14/h2-3,5-6,9,15,17H,4,7-8,10H2,1H3. The van der Waals surface area contributed by atoms with Crippen LogP contribution in [0.5, 0.6) is 5.88 Å². The molecule has 4 nitrogen and oxygen atoms in total. The van der Waals surface area contributed by atoms with Crippen molar-refractivity contribution >= 4 is 10.9 Å². The number of pyridine rings is 1. The molecule has 0 spiro atoms. The molecule has 0 fully saturated rings. The maximum atomic E-state index is 8.73. The van der Waals surface area contributed by atoms with Crippen LogP contribution in [0.15, 0.2) is 30.3 Å². The SMILES string of the molecule is COc1nc2ccccc2cc1CNCCCO. The molecule has 96 valence electrons. The topological polar surface area (TPSA) is 54.4 Å². The van der Waals surface area contributed by atoms with Crippen LogP contribution >= 0.6 is 0 Å².